The van der Waals surface area contributed by atoms with Gasteiger partial charge in [0, 0.05) is 13.5 Å². The number of carboxylic acids is 1. The molecule has 1 atom stereocenters. The first-order chi connectivity index (χ1) is 5.66. The predicted molar refractivity (Wildman–Crippen MR) is 47.5 cm³/mol. The molecule has 13 heavy (non-hydrogen) atoms. The molecule has 1 aliphatic rings. The van der Waals surface area contributed by atoms with Crippen LogP contribution in [0.15, 0.2) is 0 Å². The second kappa shape index (κ2) is 8.97. The van der Waals surface area contributed by atoms with Gasteiger partial charge < -0.3 is 16.0 Å². The fraction of sp³-hybridized carbons (Fsp3) is 0.750. The van der Waals surface area contributed by atoms with Crippen LogP contribution in [0.1, 0.15) is 26.2 Å². The summed E-state index contributed by atoms with van der Waals surface area (Å²) in [4.78, 5) is 9.00. The van der Waals surface area contributed by atoms with Crippen molar-refractivity contribution in [3.05, 3.63) is 0 Å². The Balaban J connectivity index is 0. The second-order valence-corrected chi connectivity index (χ2v) is 2.52. The standard InChI is InChI=1S/C6H9NO.C2H4O2.H3N/c7-4-3-6-2-1-5-8-6;1-2(3)4;/h6H,1-3,5H2;1H3,(H,3,4);1H3. The highest BCUT2D eigenvalue weighted by Gasteiger charge is 2.13. The third kappa shape index (κ3) is 10.9. The molecule has 1 aliphatic heterocycles. The van der Waals surface area contributed by atoms with Crippen LogP contribution in [0.4, 0.5) is 0 Å². The van der Waals surface area contributed by atoms with Crippen LogP contribution in [-0.4, -0.2) is 23.8 Å². The Morgan fingerprint density at radius 1 is 1.77 bits per heavy atom. The number of hydrogen-bond acceptors (Lipinski definition) is 4. The van der Waals surface area contributed by atoms with E-state index >= 15 is 0 Å². The quantitative estimate of drug-likeness (QED) is 0.645. The van der Waals surface area contributed by atoms with Crippen molar-refractivity contribution in [2.24, 2.45) is 0 Å². The number of nitrogens with zero attached hydrogens (tertiary/aromatic N) is 1. The fourth-order valence-corrected chi connectivity index (χ4v) is 0.907. The van der Waals surface area contributed by atoms with Gasteiger partial charge in [0.15, 0.2) is 0 Å². The molecule has 5 nitrogen and oxygen atoms in total. The summed E-state index contributed by atoms with van der Waals surface area (Å²) in [5.74, 6) is -0.833. The van der Waals surface area contributed by atoms with Gasteiger partial charge in [-0.05, 0) is 12.8 Å². The van der Waals surface area contributed by atoms with E-state index in [1.165, 1.54) is 0 Å². The Morgan fingerprint density at radius 2 is 2.31 bits per heavy atom. The van der Waals surface area contributed by atoms with Crippen molar-refractivity contribution in [2.45, 2.75) is 32.3 Å². The highest BCUT2D eigenvalue weighted by molar-refractivity contribution is 5.62. The van der Waals surface area contributed by atoms with E-state index in [1.807, 2.05) is 0 Å². The third-order valence-corrected chi connectivity index (χ3v) is 1.34. The molecule has 0 spiro atoms. The number of aliphatic carboxylic acids is 1. The van der Waals surface area contributed by atoms with Gasteiger partial charge in [-0.1, -0.05) is 0 Å². The van der Waals surface area contributed by atoms with Crippen LogP contribution >= 0.6 is 0 Å². The van der Waals surface area contributed by atoms with Gasteiger partial charge in [0.25, 0.3) is 5.97 Å². The smallest absolute Gasteiger partial charge is 0.300 e. The van der Waals surface area contributed by atoms with Gasteiger partial charge in [0.2, 0.25) is 0 Å². The maximum absolute atomic E-state index is 9.00. The summed E-state index contributed by atoms with van der Waals surface area (Å²) >= 11 is 0. The van der Waals surface area contributed by atoms with Crippen molar-refractivity contribution in [1.82, 2.24) is 6.15 Å². The summed E-state index contributed by atoms with van der Waals surface area (Å²) in [5, 5.41) is 15.6. The Hall–Kier alpha value is -1.12. The van der Waals surface area contributed by atoms with Gasteiger partial charge in [-0.2, -0.15) is 5.26 Å². The van der Waals surface area contributed by atoms with Crippen LogP contribution in [0.3, 0.4) is 0 Å². The molecule has 0 aromatic heterocycles. The van der Waals surface area contributed by atoms with Crippen LogP contribution in [0, 0.1) is 11.3 Å². The lowest BCUT2D eigenvalue weighted by molar-refractivity contribution is -0.134. The minimum absolute atomic E-state index is 0. The zero-order chi connectivity index (χ0) is 9.40. The third-order valence-electron chi connectivity index (χ3n) is 1.34. The monoisotopic (exact) mass is 188 g/mol. The van der Waals surface area contributed by atoms with Crippen molar-refractivity contribution in [3.8, 4) is 6.07 Å². The summed E-state index contributed by atoms with van der Waals surface area (Å²) < 4.78 is 5.17. The van der Waals surface area contributed by atoms with Gasteiger partial charge in [-0.25, -0.2) is 0 Å². The molecule has 1 heterocycles. The van der Waals surface area contributed by atoms with Gasteiger partial charge in [-0.15, -0.1) is 0 Å². The minimum atomic E-state index is -0.833. The van der Waals surface area contributed by atoms with E-state index < -0.39 is 5.97 Å². The molecule has 1 rings (SSSR count). The van der Waals surface area contributed by atoms with Crippen molar-refractivity contribution < 1.29 is 14.6 Å². The van der Waals surface area contributed by atoms with E-state index in [4.69, 9.17) is 19.9 Å². The molecular weight excluding hydrogens is 172 g/mol. The van der Waals surface area contributed by atoms with E-state index in [0.29, 0.717) is 6.42 Å². The number of rotatable bonds is 1. The highest BCUT2D eigenvalue weighted by atomic mass is 16.5. The molecule has 4 N–H and O–H groups in total. The van der Waals surface area contributed by atoms with Crippen LogP contribution < -0.4 is 6.15 Å². The molecule has 1 fully saturated rings. The largest absolute Gasteiger partial charge is 0.481 e. The van der Waals surface area contributed by atoms with Gasteiger partial charge in [0.05, 0.1) is 18.6 Å². The summed E-state index contributed by atoms with van der Waals surface area (Å²) in [7, 11) is 0. The molecule has 0 aliphatic carbocycles. The Morgan fingerprint density at radius 3 is 2.62 bits per heavy atom. The SMILES string of the molecule is CC(=O)O.N.N#CCC1CCCO1. The van der Waals surface area contributed by atoms with Gasteiger partial charge in [0.1, 0.15) is 0 Å². The Kier molecular flexibility index (Phi) is 9.94. The second-order valence-electron chi connectivity index (χ2n) is 2.52. The number of carboxylic acid groups (broad SMARTS) is 1. The zero-order valence-corrected chi connectivity index (χ0v) is 7.82. The Labute approximate surface area is 77.9 Å². The maximum atomic E-state index is 9.00. The van der Waals surface area contributed by atoms with Crippen molar-refractivity contribution in [1.29, 1.82) is 5.26 Å². The van der Waals surface area contributed by atoms with Crippen molar-refractivity contribution >= 4 is 5.97 Å². The minimum Gasteiger partial charge on any atom is -0.481 e. The molecule has 76 valence electrons. The zero-order valence-electron chi connectivity index (χ0n) is 7.82. The lowest BCUT2D eigenvalue weighted by Crippen LogP contribution is -2.01. The van der Waals surface area contributed by atoms with E-state index in [0.717, 1.165) is 26.4 Å². The van der Waals surface area contributed by atoms with E-state index in [9.17, 15) is 0 Å². The molecule has 1 saturated heterocycles. The van der Waals surface area contributed by atoms with Gasteiger partial charge >= 0.3 is 0 Å². The van der Waals surface area contributed by atoms with Crippen LogP contribution in [0.2, 0.25) is 0 Å². The summed E-state index contributed by atoms with van der Waals surface area (Å²) in [6.45, 7) is 1.94. The average Bonchev–Trinajstić information content (AvgIpc) is 2.39. The molecule has 5 heteroatoms. The number of carbonyl (C=O) groups is 1. The van der Waals surface area contributed by atoms with Gasteiger partial charge in [-0.3, -0.25) is 4.79 Å². The highest BCUT2D eigenvalue weighted by Crippen LogP contribution is 2.13. The van der Waals surface area contributed by atoms with Crippen LogP contribution in [0.5, 0.6) is 0 Å². The molecule has 0 aromatic carbocycles. The maximum Gasteiger partial charge on any atom is 0.300 e. The van der Waals surface area contributed by atoms with Crippen LogP contribution in [-0.2, 0) is 9.53 Å². The molecule has 0 saturated carbocycles. The average molecular weight is 188 g/mol. The van der Waals surface area contributed by atoms with E-state index in [-0.39, 0.29) is 12.3 Å². The van der Waals surface area contributed by atoms with Crippen molar-refractivity contribution in [2.75, 3.05) is 6.61 Å². The van der Waals surface area contributed by atoms with E-state index in [2.05, 4.69) is 6.07 Å². The summed E-state index contributed by atoms with van der Waals surface area (Å²) in [6, 6.07) is 2.08. The first kappa shape index (κ1) is 14.4. The molecule has 0 bridgehead atoms. The van der Waals surface area contributed by atoms with Crippen molar-refractivity contribution in [3.63, 3.8) is 0 Å². The molecule has 0 aromatic rings. The lowest BCUT2D eigenvalue weighted by Gasteiger charge is -1.99. The fourth-order valence-electron chi connectivity index (χ4n) is 0.907. The number of hydrogen-bond donors (Lipinski definition) is 2. The lowest BCUT2D eigenvalue weighted by atomic mass is 10.2. The first-order valence-electron chi connectivity index (χ1n) is 3.85. The number of nitriles is 1. The normalized spacial score (nSPS) is 18.9. The summed E-state index contributed by atoms with van der Waals surface area (Å²) in [6.07, 6.45) is 3.03. The predicted octanol–water partition coefficient (Wildman–Crippen LogP) is 1.33. The van der Waals surface area contributed by atoms with Crippen LogP contribution in [0.25, 0.3) is 0 Å². The molecular formula is C8H16N2O3. The Bertz CT molecular complexity index is 167. The molecule has 0 radical (unpaired) electrons. The summed E-state index contributed by atoms with van der Waals surface area (Å²) in [5.41, 5.74) is 0. The van der Waals surface area contributed by atoms with E-state index in [1.54, 1.807) is 0 Å². The topological polar surface area (TPSA) is 105 Å². The first-order valence-corrected chi connectivity index (χ1v) is 3.85. The molecule has 1 unspecified atom stereocenters. The number of ether oxygens (including phenoxy) is 1. The molecule has 0 amide bonds.